The van der Waals surface area contributed by atoms with Crippen LogP contribution in [0.3, 0.4) is 0 Å². The summed E-state index contributed by atoms with van der Waals surface area (Å²) in [5, 5.41) is 6.02. The quantitative estimate of drug-likeness (QED) is 0.699. The summed E-state index contributed by atoms with van der Waals surface area (Å²) in [6, 6.07) is 3.66. The third-order valence-corrected chi connectivity index (χ3v) is 2.54. The number of amides is 1. The SMILES string of the molecule is COCCNCCNC(=O)c1ccc(C)nc1C. The molecule has 0 bridgehead atoms. The number of methoxy groups -OCH3 is 1. The van der Waals surface area contributed by atoms with Crippen LogP contribution in [-0.2, 0) is 4.74 Å². The number of ether oxygens (including phenoxy) is 1. The van der Waals surface area contributed by atoms with Crippen molar-refractivity contribution in [2.24, 2.45) is 0 Å². The maximum Gasteiger partial charge on any atom is 0.253 e. The Balaban J connectivity index is 2.32. The van der Waals surface area contributed by atoms with Crippen molar-refractivity contribution in [2.45, 2.75) is 13.8 Å². The molecular weight excluding hydrogens is 230 g/mol. The number of aromatic nitrogens is 1. The van der Waals surface area contributed by atoms with Gasteiger partial charge in [0.15, 0.2) is 0 Å². The molecule has 5 heteroatoms. The summed E-state index contributed by atoms with van der Waals surface area (Å²) >= 11 is 0. The maximum atomic E-state index is 11.9. The van der Waals surface area contributed by atoms with E-state index in [0.29, 0.717) is 18.7 Å². The molecule has 0 aromatic carbocycles. The highest BCUT2D eigenvalue weighted by Gasteiger charge is 2.08. The molecule has 0 unspecified atom stereocenters. The van der Waals surface area contributed by atoms with Crippen molar-refractivity contribution in [2.75, 3.05) is 33.4 Å². The summed E-state index contributed by atoms with van der Waals surface area (Å²) in [5.74, 6) is -0.0754. The maximum absolute atomic E-state index is 11.9. The second-order valence-corrected chi connectivity index (χ2v) is 4.08. The number of hydrogen-bond acceptors (Lipinski definition) is 4. The van der Waals surface area contributed by atoms with E-state index in [-0.39, 0.29) is 5.91 Å². The predicted octanol–water partition coefficient (Wildman–Crippen LogP) is 0.664. The molecule has 2 N–H and O–H groups in total. The fraction of sp³-hybridized carbons (Fsp3) is 0.538. The van der Waals surface area contributed by atoms with Gasteiger partial charge in [-0.25, -0.2) is 0 Å². The van der Waals surface area contributed by atoms with Gasteiger partial charge in [-0.15, -0.1) is 0 Å². The fourth-order valence-corrected chi connectivity index (χ4v) is 1.59. The van der Waals surface area contributed by atoms with Crippen molar-refractivity contribution in [1.29, 1.82) is 0 Å². The van der Waals surface area contributed by atoms with Crippen LogP contribution in [0.2, 0.25) is 0 Å². The molecule has 0 atom stereocenters. The Bertz CT molecular complexity index is 394. The van der Waals surface area contributed by atoms with Crippen LogP contribution in [0.15, 0.2) is 12.1 Å². The van der Waals surface area contributed by atoms with E-state index >= 15 is 0 Å². The molecule has 1 rings (SSSR count). The Labute approximate surface area is 108 Å². The fourth-order valence-electron chi connectivity index (χ4n) is 1.59. The topological polar surface area (TPSA) is 63.2 Å². The Morgan fingerprint density at radius 1 is 1.28 bits per heavy atom. The van der Waals surface area contributed by atoms with E-state index in [1.807, 2.05) is 26.0 Å². The van der Waals surface area contributed by atoms with E-state index in [1.54, 1.807) is 7.11 Å². The lowest BCUT2D eigenvalue weighted by atomic mass is 10.2. The summed E-state index contributed by atoms with van der Waals surface area (Å²) in [5.41, 5.74) is 2.32. The van der Waals surface area contributed by atoms with Crippen LogP contribution in [0.25, 0.3) is 0 Å². The molecule has 0 radical (unpaired) electrons. The zero-order valence-corrected chi connectivity index (χ0v) is 11.2. The van der Waals surface area contributed by atoms with Gasteiger partial charge in [0.25, 0.3) is 5.91 Å². The number of pyridine rings is 1. The van der Waals surface area contributed by atoms with Crippen molar-refractivity contribution < 1.29 is 9.53 Å². The largest absolute Gasteiger partial charge is 0.383 e. The lowest BCUT2D eigenvalue weighted by molar-refractivity contribution is 0.0952. The lowest BCUT2D eigenvalue weighted by Gasteiger charge is -2.08. The minimum absolute atomic E-state index is 0.0754. The minimum Gasteiger partial charge on any atom is -0.383 e. The summed E-state index contributed by atoms with van der Waals surface area (Å²) in [4.78, 5) is 16.1. The average molecular weight is 251 g/mol. The number of rotatable bonds is 7. The molecule has 0 fully saturated rings. The van der Waals surface area contributed by atoms with Gasteiger partial charge < -0.3 is 15.4 Å². The van der Waals surface area contributed by atoms with Gasteiger partial charge in [0.2, 0.25) is 0 Å². The summed E-state index contributed by atoms with van der Waals surface area (Å²) in [6.07, 6.45) is 0. The van der Waals surface area contributed by atoms with E-state index < -0.39 is 0 Å². The first-order valence-electron chi connectivity index (χ1n) is 6.07. The summed E-state index contributed by atoms with van der Waals surface area (Å²) in [6.45, 7) is 6.54. The highest BCUT2D eigenvalue weighted by molar-refractivity contribution is 5.95. The van der Waals surface area contributed by atoms with E-state index in [0.717, 1.165) is 24.5 Å². The monoisotopic (exact) mass is 251 g/mol. The van der Waals surface area contributed by atoms with E-state index in [9.17, 15) is 4.79 Å². The molecule has 0 aliphatic rings. The number of carbonyl (C=O) groups is 1. The van der Waals surface area contributed by atoms with Gasteiger partial charge in [0.1, 0.15) is 0 Å². The Kier molecular flexibility index (Phi) is 6.32. The average Bonchev–Trinajstić information content (AvgIpc) is 2.33. The molecule has 18 heavy (non-hydrogen) atoms. The number of nitrogens with one attached hydrogen (secondary N) is 2. The highest BCUT2D eigenvalue weighted by Crippen LogP contribution is 2.05. The smallest absolute Gasteiger partial charge is 0.253 e. The van der Waals surface area contributed by atoms with E-state index in [1.165, 1.54) is 0 Å². The van der Waals surface area contributed by atoms with Crippen LogP contribution >= 0.6 is 0 Å². The van der Waals surface area contributed by atoms with Crippen LogP contribution in [0.1, 0.15) is 21.7 Å². The summed E-state index contributed by atoms with van der Waals surface area (Å²) in [7, 11) is 1.66. The minimum atomic E-state index is -0.0754. The van der Waals surface area contributed by atoms with Gasteiger partial charge in [-0.1, -0.05) is 0 Å². The molecule has 0 saturated carbocycles. The second kappa shape index (κ2) is 7.79. The number of nitrogens with zero attached hydrogens (tertiary/aromatic N) is 1. The zero-order valence-electron chi connectivity index (χ0n) is 11.2. The van der Waals surface area contributed by atoms with E-state index in [4.69, 9.17) is 4.74 Å². The van der Waals surface area contributed by atoms with Crippen molar-refractivity contribution in [3.8, 4) is 0 Å². The molecule has 1 aromatic heterocycles. The zero-order chi connectivity index (χ0) is 13.4. The number of aryl methyl sites for hydroxylation is 2. The van der Waals surface area contributed by atoms with Crippen LogP contribution in [0.5, 0.6) is 0 Å². The van der Waals surface area contributed by atoms with Gasteiger partial charge in [0, 0.05) is 32.4 Å². The number of carbonyl (C=O) groups excluding carboxylic acids is 1. The van der Waals surface area contributed by atoms with Gasteiger partial charge in [-0.2, -0.15) is 0 Å². The normalized spacial score (nSPS) is 10.4. The second-order valence-electron chi connectivity index (χ2n) is 4.08. The molecule has 0 aliphatic heterocycles. The Morgan fingerprint density at radius 3 is 2.72 bits per heavy atom. The Morgan fingerprint density at radius 2 is 2.06 bits per heavy atom. The molecule has 1 amide bonds. The molecule has 0 spiro atoms. The summed E-state index contributed by atoms with van der Waals surface area (Å²) < 4.78 is 4.91. The van der Waals surface area contributed by atoms with Crippen LogP contribution in [0.4, 0.5) is 0 Å². The first-order valence-corrected chi connectivity index (χ1v) is 6.07. The van der Waals surface area contributed by atoms with Crippen molar-refractivity contribution in [3.05, 3.63) is 29.1 Å². The van der Waals surface area contributed by atoms with Gasteiger partial charge in [-0.3, -0.25) is 9.78 Å². The first kappa shape index (κ1) is 14.6. The van der Waals surface area contributed by atoms with Crippen LogP contribution in [-0.4, -0.2) is 44.2 Å². The van der Waals surface area contributed by atoms with Crippen LogP contribution in [0, 0.1) is 13.8 Å². The third kappa shape index (κ3) is 4.81. The third-order valence-electron chi connectivity index (χ3n) is 2.54. The molecular formula is C13H21N3O2. The Hall–Kier alpha value is -1.46. The van der Waals surface area contributed by atoms with Gasteiger partial charge in [0.05, 0.1) is 17.9 Å². The van der Waals surface area contributed by atoms with Crippen LogP contribution < -0.4 is 10.6 Å². The van der Waals surface area contributed by atoms with E-state index in [2.05, 4.69) is 15.6 Å². The molecule has 0 aliphatic carbocycles. The molecule has 1 aromatic rings. The van der Waals surface area contributed by atoms with Crippen molar-refractivity contribution in [1.82, 2.24) is 15.6 Å². The molecule has 5 nitrogen and oxygen atoms in total. The lowest BCUT2D eigenvalue weighted by Crippen LogP contribution is -2.33. The molecule has 0 saturated heterocycles. The molecule has 1 heterocycles. The highest BCUT2D eigenvalue weighted by atomic mass is 16.5. The molecule has 100 valence electrons. The van der Waals surface area contributed by atoms with Gasteiger partial charge in [-0.05, 0) is 26.0 Å². The first-order chi connectivity index (χ1) is 8.65. The van der Waals surface area contributed by atoms with Crippen molar-refractivity contribution in [3.63, 3.8) is 0 Å². The predicted molar refractivity (Wildman–Crippen MR) is 70.8 cm³/mol. The van der Waals surface area contributed by atoms with Crippen molar-refractivity contribution >= 4 is 5.91 Å². The number of hydrogen-bond donors (Lipinski definition) is 2. The van der Waals surface area contributed by atoms with Gasteiger partial charge >= 0.3 is 0 Å². The standard InChI is InChI=1S/C13H21N3O2/c1-10-4-5-12(11(2)16-10)13(17)15-7-6-14-8-9-18-3/h4-5,14H,6-9H2,1-3H3,(H,15,17).